The Bertz CT molecular complexity index is 452. The number of rotatable bonds is 1. The van der Waals surface area contributed by atoms with Crippen LogP contribution in [0.4, 0.5) is 22.0 Å². The fourth-order valence-corrected chi connectivity index (χ4v) is 1.23. The van der Waals surface area contributed by atoms with Crippen LogP contribution >= 0.6 is 0 Å². The number of hydrogen-bond acceptors (Lipinski definition) is 1. The lowest BCUT2D eigenvalue weighted by molar-refractivity contribution is -0.142. The molecule has 1 amide bonds. The van der Waals surface area contributed by atoms with Gasteiger partial charge in [-0.05, 0) is 18.6 Å². The first-order valence-electron chi connectivity index (χ1n) is 4.02. The van der Waals surface area contributed by atoms with Gasteiger partial charge in [0.05, 0.1) is 0 Å². The van der Waals surface area contributed by atoms with Gasteiger partial charge in [-0.3, -0.25) is 4.79 Å². The molecule has 16 heavy (non-hydrogen) atoms. The third-order valence-electron chi connectivity index (χ3n) is 2.01. The number of carbonyl (C=O) groups excluding carboxylic acids is 1. The lowest BCUT2D eigenvalue weighted by Gasteiger charge is -2.12. The minimum absolute atomic E-state index is 0.281. The third kappa shape index (κ3) is 1.98. The molecule has 0 saturated carbocycles. The maximum atomic E-state index is 13.2. The number of primary amides is 1. The second kappa shape index (κ2) is 3.73. The Labute approximate surface area is 86.9 Å². The molecule has 0 unspecified atom stereocenters. The van der Waals surface area contributed by atoms with Crippen molar-refractivity contribution < 1.29 is 26.7 Å². The van der Waals surface area contributed by atoms with E-state index in [4.69, 9.17) is 5.73 Å². The Morgan fingerprint density at radius 3 is 2.19 bits per heavy atom. The summed E-state index contributed by atoms with van der Waals surface area (Å²) < 4.78 is 62.9. The van der Waals surface area contributed by atoms with Crippen molar-refractivity contribution in [1.29, 1.82) is 0 Å². The molecule has 0 aliphatic rings. The molecular formula is C9H6F5NO. The van der Waals surface area contributed by atoms with E-state index in [-0.39, 0.29) is 6.07 Å². The van der Waals surface area contributed by atoms with Crippen molar-refractivity contribution >= 4 is 5.91 Å². The fourth-order valence-electron chi connectivity index (χ4n) is 1.23. The lowest BCUT2D eigenvalue weighted by atomic mass is 10.0. The standard InChI is InChI=1S/C9H6F5NO/c1-3-4(8(15)16)2-5(10)6(7(3)11)9(12,13)14/h2H,1H3,(H2,15,16). The van der Waals surface area contributed by atoms with E-state index in [0.29, 0.717) is 0 Å². The number of halogens is 5. The molecule has 1 aromatic carbocycles. The summed E-state index contributed by atoms with van der Waals surface area (Å²) in [6, 6.07) is 0.281. The highest BCUT2D eigenvalue weighted by atomic mass is 19.4. The smallest absolute Gasteiger partial charge is 0.366 e. The highest BCUT2D eigenvalue weighted by Gasteiger charge is 2.39. The van der Waals surface area contributed by atoms with Crippen molar-refractivity contribution in [1.82, 2.24) is 0 Å². The van der Waals surface area contributed by atoms with Crippen LogP contribution in [0.25, 0.3) is 0 Å². The number of carbonyl (C=O) groups is 1. The Morgan fingerprint density at radius 2 is 1.81 bits per heavy atom. The van der Waals surface area contributed by atoms with Crippen molar-refractivity contribution in [3.63, 3.8) is 0 Å². The van der Waals surface area contributed by atoms with Crippen LogP contribution in [-0.4, -0.2) is 5.91 Å². The molecule has 2 N–H and O–H groups in total. The predicted octanol–water partition coefficient (Wildman–Crippen LogP) is 2.39. The molecule has 0 fully saturated rings. The van der Waals surface area contributed by atoms with Gasteiger partial charge in [0.15, 0.2) is 0 Å². The molecule has 0 saturated heterocycles. The van der Waals surface area contributed by atoms with Crippen molar-refractivity contribution in [2.24, 2.45) is 5.73 Å². The first-order valence-corrected chi connectivity index (χ1v) is 4.02. The van der Waals surface area contributed by atoms with Crippen LogP contribution in [0.5, 0.6) is 0 Å². The van der Waals surface area contributed by atoms with E-state index in [9.17, 15) is 26.7 Å². The first kappa shape index (κ1) is 12.4. The maximum Gasteiger partial charge on any atom is 0.422 e. The summed E-state index contributed by atoms with van der Waals surface area (Å²) in [7, 11) is 0. The van der Waals surface area contributed by atoms with Gasteiger partial charge in [0.25, 0.3) is 0 Å². The Morgan fingerprint density at radius 1 is 1.31 bits per heavy atom. The molecule has 0 heterocycles. The normalized spacial score (nSPS) is 11.6. The molecule has 1 aromatic rings. The van der Waals surface area contributed by atoms with Gasteiger partial charge in [-0.2, -0.15) is 13.2 Å². The summed E-state index contributed by atoms with van der Waals surface area (Å²) in [4.78, 5) is 10.7. The molecule has 0 spiro atoms. The summed E-state index contributed by atoms with van der Waals surface area (Å²) >= 11 is 0. The number of alkyl halides is 3. The number of nitrogens with two attached hydrogens (primary N) is 1. The molecular weight excluding hydrogens is 233 g/mol. The minimum atomic E-state index is -5.16. The van der Waals surface area contributed by atoms with Crippen LogP contribution in [-0.2, 0) is 6.18 Å². The van der Waals surface area contributed by atoms with Crippen LogP contribution in [0.2, 0.25) is 0 Å². The topological polar surface area (TPSA) is 43.1 Å². The summed E-state index contributed by atoms with van der Waals surface area (Å²) in [5.74, 6) is -4.87. The third-order valence-corrected chi connectivity index (χ3v) is 2.01. The van der Waals surface area contributed by atoms with Gasteiger partial charge in [-0.1, -0.05) is 0 Å². The van der Waals surface area contributed by atoms with Gasteiger partial charge in [-0.25, -0.2) is 8.78 Å². The largest absolute Gasteiger partial charge is 0.422 e. The van der Waals surface area contributed by atoms with Crippen molar-refractivity contribution in [3.8, 4) is 0 Å². The van der Waals surface area contributed by atoms with Crippen LogP contribution in [0.3, 0.4) is 0 Å². The summed E-state index contributed by atoms with van der Waals surface area (Å²) in [6.07, 6.45) is -5.16. The van der Waals surface area contributed by atoms with E-state index in [2.05, 4.69) is 0 Å². The van der Waals surface area contributed by atoms with Crippen LogP contribution in [0, 0.1) is 18.6 Å². The minimum Gasteiger partial charge on any atom is -0.366 e. The monoisotopic (exact) mass is 239 g/mol. The Kier molecular flexibility index (Phi) is 2.89. The van der Waals surface area contributed by atoms with Gasteiger partial charge in [-0.15, -0.1) is 0 Å². The number of hydrogen-bond donors (Lipinski definition) is 1. The average molecular weight is 239 g/mol. The first-order chi connectivity index (χ1) is 7.16. The predicted molar refractivity (Wildman–Crippen MR) is 44.6 cm³/mol. The van der Waals surface area contributed by atoms with Crippen molar-refractivity contribution in [2.45, 2.75) is 13.1 Å². The van der Waals surface area contributed by atoms with Gasteiger partial charge in [0.1, 0.15) is 17.2 Å². The lowest BCUT2D eigenvalue weighted by Crippen LogP contribution is -2.19. The molecule has 88 valence electrons. The average Bonchev–Trinajstić information content (AvgIpc) is 2.08. The van der Waals surface area contributed by atoms with Crippen LogP contribution in [0.1, 0.15) is 21.5 Å². The van der Waals surface area contributed by atoms with E-state index in [1.165, 1.54) is 0 Å². The SMILES string of the molecule is Cc1c(C(N)=O)cc(F)c(C(F)(F)F)c1F. The van der Waals surface area contributed by atoms with E-state index >= 15 is 0 Å². The van der Waals surface area contributed by atoms with Crippen LogP contribution in [0.15, 0.2) is 6.07 Å². The van der Waals surface area contributed by atoms with E-state index in [1.54, 1.807) is 0 Å². The maximum absolute atomic E-state index is 13.2. The van der Waals surface area contributed by atoms with E-state index < -0.39 is 40.4 Å². The zero-order valence-electron chi connectivity index (χ0n) is 7.95. The molecule has 7 heteroatoms. The highest BCUT2D eigenvalue weighted by Crippen LogP contribution is 2.35. The zero-order chi connectivity index (χ0) is 12.7. The van der Waals surface area contributed by atoms with Gasteiger partial charge >= 0.3 is 6.18 Å². The summed E-state index contributed by atoms with van der Waals surface area (Å²) in [6.45, 7) is 0.921. The van der Waals surface area contributed by atoms with E-state index in [0.717, 1.165) is 6.92 Å². The van der Waals surface area contributed by atoms with Gasteiger partial charge < -0.3 is 5.73 Å². The second-order valence-electron chi connectivity index (χ2n) is 3.08. The second-order valence-corrected chi connectivity index (χ2v) is 3.08. The molecule has 0 aliphatic carbocycles. The zero-order valence-corrected chi connectivity index (χ0v) is 7.95. The van der Waals surface area contributed by atoms with Gasteiger partial charge in [0, 0.05) is 5.56 Å². The quantitative estimate of drug-likeness (QED) is 0.751. The molecule has 0 aliphatic heterocycles. The molecule has 2 nitrogen and oxygen atoms in total. The van der Waals surface area contributed by atoms with Crippen LogP contribution < -0.4 is 5.73 Å². The molecule has 0 bridgehead atoms. The molecule has 0 radical (unpaired) electrons. The fraction of sp³-hybridized carbons (Fsp3) is 0.222. The van der Waals surface area contributed by atoms with E-state index in [1.807, 2.05) is 0 Å². The highest BCUT2D eigenvalue weighted by molar-refractivity contribution is 5.94. The van der Waals surface area contributed by atoms with Crippen molar-refractivity contribution in [3.05, 3.63) is 34.4 Å². The molecule has 1 rings (SSSR count). The number of amides is 1. The molecule has 0 atom stereocenters. The Balaban J connectivity index is 3.59. The summed E-state index contributed by atoms with van der Waals surface area (Å²) in [5.41, 5.74) is 1.51. The summed E-state index contributed by atoms with van der Waals surface area (Å²) in [5, 5.41) is 0. The molecule has 0 aromatic heterocycles. The number of benzene rings is 1. The van der Waals surface area contributed by atoms with Crippen molar-refractivity contribution in [2.75, 3.05) is 0 Å². The van der Waals surface area contributed by atoms with Gasteiger partial charge in [0.2, 0.25) is 5.91 Å². The Hall–Kier alpha value is -1.66.